The van der Waals surface area contributed by atoms with Crippen molar-refractivity contribution in [2.45, 2.75) is 40.7 Å². The SMILES string of the molecule is C#Cc1cc(C(/C=C\C=C)=C(/C)OCC)nc(C(C)=N)c1NC(C)C. The third kappa shape index (κ3) is 5.36. The van der Waals surface area contributed by atoms with E-state index in [-0.39, 0.29) is 6.04 Å². The summed E-state index contributed by atoms with van der Waals surface area (Å²) in [7, 11) is 0. The van der Waals surface area contributed by atoms with Crippen molar-refractivity contribution in [1.82, 2.24) is 4.98 Å². The number of terminal acetylenes is 1. The van der Waals surface area contributed by atoms with Gasteiger partial charge in [0.1, 0.15) is 11.5 Å². The molecule has 0 spiro atoms. The first-order valence-electron chi connectivity index (χ1n) is 8.32. The summed E-state index contributed by atoms with van der Waals surface area (Å²) in [6, 6.07) is 2.03. The molecule has 0 radical (unpaired) electrons. The second kappa shape index (κ2) is 9.48. The van der Waals surface area contributed by atoms with E-state index < -0.39 is 0 Å². The molecule has 1 aromatic rings. The van der Waals surface area contributed by atoms with E-state index in [1.807, 2.05) is 45.9 Å². The molecule has 0 aromatic carbocycles. The molecular weight excluding hydrogens is 310 g/mol. The van der Waals surface area contributed by atoms with Gasteiger partial charge in [-0.25, -0.2) is 4.98 Å². The molecule has 4 heteroatoms. The minimum Gasteiger partial charge on any atom is -0.498 e. The maximum absolute atomic E-state index is 8.10. The molecular formula is C21H27N3O. The van der Waals surface area contributed by atoms with E-state index >= 15 is 0 Å². The van der Waals surface area contributed by atoms with Crippen molar-refractivity contribution in [1.29, 1.82) is 5.41 Å². The lowest BCUT2D eigenvalue weighted by Crippen LogP contribution is -2.16. The predicted molar refractivity (Wildman–Crippen MR) is 107 cm³/mol. The van der Waals surface area contributed by atoms with Crippen LogP contribution in [0.5, 0.6) is 0 Å². The minimum absolute atomic E-state index is 0.179. The molecule has 0 saturated carbocycles. The van der Waals surface area contributed by atoms with Crippen LogP contribution in [-0.4, -0.2) is 23.3 Å². The number of pyridine rings is 1. The summed E-state index contributed by atoms with van der Waals surface area (Å²) < 4.78 is 5.66. The first-order chi connectivity index (χ1) is 11.8. The monoisotopic (exact) mass is 337 g/mol. The summed E-state index contributed by atoms with van der Waals surface area (Å²) in [6.07, 6.45) is 11.1. The normalized spacial score (nSPS) is 11.9. The number of ether oxygens (including phenoxy) is 1. The highest BCUT2D eigenvalue weighted by Gasteiger charge is 2.17. The van der Waals surface area contributed by atoms with Gasteiger partial charge in [0.2, 0.25) is 0 Å². The average molecular weight is 337 g/mol. The fourth-order valence-corrected chi connectivity index (χ4v) is 2.34. The van der Waals surface area contributed by atoms with E-state index in [0.717, 1.165) is 17.0 Å². The molecule has 25 heavy (non-hydrogen) atoms. The molecule has 132 valence electrons. The Balaban J connectivity index is 3.69. The lowest BCUT2D eigenvalue weighted by molar-refractivity contribution is 0.233. The van der Waals surface area contributed by atoms with Crippen molar-refractivity contribution in [3.63, 3.8) is 0 Å². The van der Waals surface area contributed by atoms with Crippen LogP contribution in [0.25, 0.3) is 5.57 Å². The summed E-state index contributed by atoms with van der Waals surface area (Å²) in [4.78, 5) is 4.68. The van der Waals surface area contributed by atoms with Crippen LogP contribution >= 0.6 is 0 Å². The molecule has 0 aliphatic carbocycles. The van der Waals surface area contributed by atoms with E-state index in [1.54, 1.807) is 13.0 Å². The van der Waals surface area contributed by atoms with E-state index in [0.29, 0.717) is 29.3 Å². The van der Waals surface area contributed by atoms with Crippen LogP contribution in [0.1, 0.15) is 51.6 Å². The molecule has 0 saturated heterocycles. The molecule has 0 amide bonds. The smallest absolute Gasteiger partial charge is 0.109 e. The van der Waals surface area contributed by atoms with Crippen molar-refractivity contribution < 1.29 is 4.74 Å². The molecule has 0 atom stereocenters. The van der Waals surface area contributed by atoms with Crippen LogP contribution in [0.3, 0.4) is 0 Å². The van der Waals surface area contributed by atoms with E-state index in [2.05, 4.69) is 22.8 Å². The third-order valence-corrected chi connectivity index (χ3v) is 3.38. The summed E-state index contributed by atoms with van der Waals surface area (Å²) in [6.45, 7) is 13.8. The maximum Gasteiger partial charge on any atom is 0.109 e. The number of allylic oxidation sites excluding steroid dienone is 5. The molecule has 0 bridgehead atoms. The summed E-state index contributed by atoms with van der Waals surface area (Å²) in [5, 5.41) is 11.4. The molecule has 1 rings (SSSR count). The molecule has 0 unspecified atom stereocenters. The lowest BCUT2D eigenvalue weighted by atomic mass is 10.0. The Bertz CT molecular complexity index is 749. The van der Waals surface area contributed by atoms with Crippen LogP contribution in [0.4, 0.5) is 5.69 Å². The van der Waals surface area contributed by atoms with Gasteiger partial charge in [0.25, 0.3) is 0 Å². The highest BCUT2D eigenvalue weighted by Crippen LogP contribution is 2.27. The number of hydrogen-bond acceptors (Lipinski definition) is 4. The Labute approximate surface area is 151 Å². The second-order valence-corrected chi connectivity index (χ2v) is 5.84. The van der Waals surface area contributed by atoms with Crippen molar-refractivity contribution in [2.75, 3.05) is 11.9 Å². The Morgan fingerprint density at radius 3 is 2.64 bits per heavy atom. The number of anilines is 1. The van der Waals surface area contributed by atoms with E-state index in [9.17, 15) is 0 Å². The number of rotatable bonds is 8. The van der Waals surface area contributed by atoms with Gasteiger partial charge in [-0.3, -0.25) is 0 Å². The fraction of sp³-hybridized carbons (Fsp3) is 0.333. The molecule has 1 aromatic heterocycles. The lowest BCUT2D eigenvalue weighted by Gasteiger charge is -2.18. The molecule has 4 nitrogen and oxygen atoms in total. The molecule has 0 aliphatic rings. The van der Waals surface area contributed by atoms with Crippen LogP contribution < -0.4 is 5.32 Å². The Morgan fingerprint density at radius 1 is 1.48 bits per heavy atom. The van der Waals surface area contributed by atoms with E-state index in [4.69, 9.17) is 16.6 Å². The van der Waals surface area contributed by atoms with Crippen LogP contribution in [0.15, 0.2) is 36.6 Å². The zero-order chi connectivity index (χ0) is 19.0. The van der Waals surface area contributed by atoms with Crippen LogP contribution in [0, 0.1) is 17.8 Å². The number of nitrogens with zero attached hydrogens (tertiary/aromatic N) is 1. The highest BCUT2D eigenvalue weighted by atomic mass is 16.5. The fourth-order valence-electron chi connectivity index (χ4n) is 2.34. The van der Waals surface area contributed by atoms with Crippen molar-refractivity contribution in [3.05, 3.63) is 53.6 Å². The molecule has 1 heterocycles. The number of aromatic nitrogens is 1. The average Bonchev–Trinajstić information content (AvgIpc) is 2.55. The number of hydrogen-bond donors (Lipinski definition) is 2. The Kier molecular flexibility index (Phi) is 7.68. The van der Waals surface area contributed by atoms with Gasteiger partial charge in [-0.05, 0) is 46.8 Å². The van der Waals surface area contributed by atoms with Gasteiger partial charge >= 0.3 is 0 Å². The quantitative estimate of drug-likeness (QED) is 0.311. The largest absolute Gasteiger partial charge is 0.498 e. The summed E-state index contributed by atoms with van der Waals surface area (Å²) in [5.74, 6) is 3.46. The van der Waals surface area contributed by atoms with Gasteiger partial charge in [0, 0.05) is 11.6 Å². The van der Waals surface area contributed by atoms with Gasteiger partial charge in [-0.2, -0.15) is 0 Å². The highest BCUT2D eigenvalue weighted by molar-refractivity contribution is 6.01. The van der Waals surface area contributed by atoms with Crippen molar-refractivity contribution in [3.8, 4) is 12.3 Å². The first-order valence-corrected chi connectivity index (χ1v) is 8.32. The Morgan fingerprint density at radius 2 is 2.16 bits per heavy atom. The maximum atomic E-state index is 8.10. The standard InChI is InChI=1S/C21H27N3O/c1-8-11-12-18(16(7)25-10-3)19-13-17(9-2)21(23-14(4)5)20(24-19)15(6)22/h2,8,11-14,22-23H,1,10H2,3-7H3/b12-11-,18-16-,22-15?. The topological polar surface area (TPSA) is 58.0 Å². The molecule has 0 aliphatic heterocycles. The van der Waals surface area contributed by atoms with Gasteiger partial charge in [0.05, 0.1) is 29.3 Å². The van der Waals surface area contributed by atoms with Crippen molar-refractivity contribution >= 4 is 17.0 Å². The van der Waals surface area contributed by atoms with Gasteiger partial charge < -0.3 is 15.5 Å². The Hall–Kier alpha value is -2.80. The summed E-state index contributed by atoms with van der Waals surface area (Å²) >= 11 is 0. The predicted octanol–water partition coefficient (Wildman–Crippen LogP) is 4.78. The van der Waals surface area contributed by atoms with Gasteiger partial charge in [-0.1, -0.05) is 24.7 Å². The van der Waals surface area contributed by atoms with Gasteiger partial charge in [0.15, 0.2) is 0 Å². The summed E-state index contributed by atoms with van der Waals surface area (Å²) in [5.41, 5.74) is 3.78. The third-order valence-electron chi connectivity index (χ3n) is 3.38. The zero-order valence-corrected chi connectivity index (χ0v) is 15.7. The number of nitrogens with one attached hydrogen (secondary N) is 2. The minimum atomic E-state index is 0.179. The molecule has 0 fully saturated rings. The van der Waals surface area contributed by atoms with E-state index in [1.165, 1.54) is 0 Å². The van der Waals surface area contributed by atoms with Crippen LogP contribution in [0.2, 0.25) is 0 Å². The van der Waals surface area contributed by atoms with Crippen LogP contribution in [-0.2, 0) is 4.74 Å². The first kappa shape index (κ1) is 20.2. The second-order valence-electron chi connectivity index (χ2n) is 5.84. The van der Waals surface area contributed by atoms with Crippen molar-refractivity contribution in [2.24, 2.45) is 0 Å². The zero-order valence-electron chi connectivity index (χ0n) is 15.7. The van der Waals surface area contributed by atoms with Gasteiger partial charge in [-0.15, -0.1) is 6.42 Å². The molecule has 2 N–H and O–H groups in total.